The molecule has 27 heavy (non-hydrogen) atoms. The lowest BCUT2D eigenvalue weighted by Crippen LogP contribution is -2.29. The van der Waals surface area contributed by atoms with Crippen LogP contribution >= 0.6 is 24.0 Å². The van der Waals surface area contributed by atoms with E-state index in [0.717, 1.165) is 18.4 Å². The number of nitrogens with two attached hydrogens (primary N) is 1. The van der Waals surface area contributed by atoms with Gasteiger partial charge >= 0.3 is 5.97 Å². The van der Waals surface area contributed by atoms with Gasteiger partial charge in [0, 0.05) is 18.2 Å². The van der Waals surface area contributed by atoms with Crippen molar-refractivity contribution in [1.29, 1.82) is 0 Å². The number of hydrogen-bond donors (Lipinski definition) is 2. The average Bonchev–Trinajstić information content (AvgIpc) is 3.22. The van der Waals surface area contributed by atoms with Gasteiger partial charge in [-0.2, -0.15) is 0 Å². The number of carbonyl (C=O) groups excluding carboxylic acids is 1. The fourth-order valence-electron chi connectivity index (χ4n) is 2.60. The topological polar surface area (TPSA) is 96.8 Å². The molecular formula is C19H18N2O4S2. The van der Waals surface area contributed by atoms with Crippen molar-refractivity contribution >= 4 is 46.3 Å². The molecule has 1 amide bonds. The Kier molecular flexibility index (Phi) is 6.10. The molecule has 0 spiro atoms. The van der Waals surface area contributed by atoms with Crippen LogP contribution in [-0.2, 0) is 4.79 Å². The van der Waals surface area contributed by atoms with Crippen LogP contribution in [0.5, 0.6) is 0 Å². The number of amides is 1. The van der Waals surface area contributed by atoms with Crippen LogP contribution in [0.4, 0.5) is 0 Å². The van der Waals surface area contributed by atoms with E-state index >= 15 is 0 Å². The lowest BCUT2D eigenvalue weighted by Gasteiger charge is -2.13. The minimum absolute atomic E-state index is 0.120. The Morgan fingerprint density at radius 1 is 1.22 bits per heavy atom. The van der Waals surface area contributed by atoms with Crippen molar-refractivity contribution in [2.24, 2.45) is 5.73 Å². The highest BCUT2D eigenvalue weighted by atomic mass is 32.2. The van der Waals surface area contributed by atoms with Crippen molar-refractivity contribution in [1.82, 2.24) is 4.90 Å². The Hall–Kier alpha value is -2.42. The molecule has 0 aliphatic carbocycles. The third-order valence-corrected chi connectivity index (χ3v) is 5.40. The van der Waals surface area contributed by atoms with Gasteiger partial charge in [0.1, 0.15) is 15.8 Å². The number of benzene rings is 1. The number of carboxylic acids is 1. The van der Waals surface area contributed by atoms with Gasteiger partial charge < -0.3 is 15.3 Å². The first-order chi connectivity index (χ1) is 13.0. The van der Waals surface area contributed by atoms with Crippen molar-refractivity contribution < 1.29 is 19.1 Å². The Morgan fingerprint density at radius 2 is 1.96 bits per heavy atom. The van der Waals surface area contributed by atoms with Crippen LogP contribution in [0.2, 0.25) is 0 Å². The van der Waals surface area contributed by atoms with Gasteiger partial charge in [-0.25, -0.2) is 4.79 Å². The van der Waals surface area contributed by atoms with Gasteiger partial charge in [0.2, 0.25) is 0 Å². The van der Waals surface area contributed by atoms with Crippen LogP contribution in [0.3, 0.4) is 0 Å². The van der Waals surface area contributed by atoms with Crippen molar-refractivity contribution in [3.8, 4) is 11.3 Å². The molecule has 3 N–H and O–H groups in total. The molecule has 140 valence electrons. The second-order valence-corrected chi connectivity index (χ2v) is 7.59. The summed E-state index contributed by atoms with van der Waals surface area (Å²) < 4.78 is 6.32. The third-order valence-electron chi connectivity index (χ3n) is 4.03. The lowest BCUT2D eigenvalue weighted by molar-refractivity contribution is -0.122. The molecule has 0 unspecified atom stereocenters. The van der Waals surface area contributed by atoms with E-state index in [9.17, 15) is 9.59 Å². The number of rotatable bonds is 7. The number of carbonyl (C=O) groups is 2. The maximum Gasteiger partial charge on any atom is 0.335 e. The van der Waals surface area contributed by atoms with Crippen LogP contribution in [0.15, 0.2) is 45.7 Å². The number of furan rings is 1. The van der Waals surface area contributed by atoms with Gasteiger partial charge in [0.15, 0.2) is 0 Å². The highest BCUT2D eigenvalue weighted by Gasteiger charge is 2.31. The molecule has 1 aromatic heterocycles. The van der Waals surface area contributed by atoms with Crippen molar-refractivity contribution in [2.45, 2.75) is 12.8 Å². The minimum Gasteiger partial charge on any atom is -0.478 e. The zero-order valence-electron chi connectivity index (χ0n) is 14.4. The Bertz CT molecular complexity index is 903. The molecular weight excluding hydrogens is 384 g/mol. The number of aromatic carboxylic acids is 1. The van der Waals surface area contributed by atoms with Crippen LogP contribution in [0, 0.1) is 0 Å². The number of unbranched alkanes of at least 4 members (excludes halogenated alkanes) is 1. The van der Waals surface area contributed by atoms with Gasteiger partial charge in [-0.15, -0.1) is 0 Å². The van der Waals surface area contributed by atoms with Crippen LogP contribution in [-0.4, -0.2) is 39.3 Å². The molecule has 0 radical (unpaired) electrons. The monoisotopic (exact) mass is 402 g/mol. The van der Waals surface area contributed by atoms with E-state index in [1.54, 1.807) is 35.2 Å². The Morgan fingerprint density at radius 3 is 2.63 bits per heavy atom. The van der Waals surface area contributed by atoms with Gasteiger partial charge in [0.25, 0.3) is 5.91 Å². The van der Waals surface area contributed by atoms with Crippen molar-refractivity contribution in [2.75, 3.05) is 13.1 Å². The second-order valence-electron chi connectivity index (χ2n) is 5.91. The van der Waals surface area contributed by atoms with Gasteiger partial charge in [-0.1, -0.05) is 36.1 Å². The summed E-state index contributed by atoms with van der Waals surface area (Å²) in [7, 11) is 0. The first-order valence-electron chi connectivity index (χ1n) is 8.38. The summed E-state index contributed by atoms with van der Waals surface area (Å²) in [5, 5.41) is 8.96. The third kappa shape index (κ3) is 4.47. The predicted octanol–water partition coefficient (Wildman–Crippen LogP) is 3.58. The Labute approximate surface area is 166 Å². The fraction of sp³-hybridized carbons (Fsp3) is 0.211. The summed E-state index contributed by atoms with van der Waals surface area (Å²) in [4.78, 5) is 25.6. The van der Waals surface area contributed by atoms with E-state index in [-0.39, 0.29) is 11.5 Å². The van der Waals surface area contributed by atoms with E-state index in [1.807, 2.05) is 0 Å². The molecule has 3 rings (SSSR count). The summed E-state index contributed by atoms with van der Waals surface area (Å²) in [6.07, 6.45) is 3.34. The highest BCUT2D eigenvalue weighted by molar-refractivity contribution is 8.26. The normalized spacial score (nSPS) is 15.7. The summed E-state index contributed by atoms with van der Waals surface area (Å²) in [6.45, 7) is 1.16. The van der Waals surface area contributed by atoms with Crippen molar-refractivity contribution in [3.63, 3.8) is 0 Å². The maximum absolute atomic E-state index is 12.5. The first-order valence-corrected chi connectivity index (χ1v) is 9.61. The predicted molar refractivity (Wildman–Crippen MR) is 109 cm³/mol. The van der Waals surface area contributed by atoms with Gasteiger partial charge in [-0.05, 0) is 43.7 Å². The zero-order valence-corrected chi connectivity index (χ0v) is 16.0. The molecule has 6 nitrogen and oxygen atoms in total. The first kappa shape index (κ1) is 19.3. The highest BCUT2D eigenvalue weighted by Crippen LogP contribution is 2.33. The number of thiocarbonyl (C=S) groups is 1. The Balaban J connectivity index is 1.74. The minimum atomic E-state index is -0.977. The number of thioether (sulfide) groups is 1. The lowest BCUT2D eigenvalue weighted by atomic mass is 10.1. The zero-order chi connectivity index (χ0) is 19.4. The van der Waals surface area contributed by atoms with Gasteiger partial charge in [-0.3, -0.25) is 9.69 Å². The molecule has 0 bridgehead atoms. The van der Waals surface area contributed by atoms with E-state index < -0.39 is 5.97 Å². The summed E-state index contributed by atoms with van der Waals surface area (Å²) in [5.74, 6) is 0.0346. The number of hydrogen-bond acceptors (Lipinski definition) is 6. The SMILES string of the molecule is NCCCCN1C(=O)/C(=C\c2ccc(-c3ccc(C(=O)O)cc3)o2)SC1=S. The number of carboxylic acid groups (broad SMARTS) is 1. The summed E-state index contributed by atoms with van der Waals surface area (Å²) in [6, 6.07) is 9.95. The summed E-state index contributed by atoms with van der Waals surface area (Å²) >= 11 is 6.55. The molecule has 1 aliphatic rings. The van der Waals surface area contributed by atoms with E-state index in [4.69, 9.17) is 27.5 Å². The van der Waals surface area contributed by atoms with Crippen LogP contribution < -0.4 is 5.73 Å². The second kappa shape index (κ2) is 8.51. The van der Waals surface area contributed by atoms with E-state index in [2.05, 4.69) is 0 Å². The quantitative estimate of drug-likeness (QED) is 0.415. The number of nitrogens with zero attached hydrogens (tertiary/aromatic N) is 1. The molecule has 1 fully saturated rings. The maximum atomic E-state index is 12.5. The van der Waals surface area contributed by atoms with Crippen LogP contribution in [0.1, 0.15) is 29.0 Å². The molecule has 0 atom stereocenters. The molecule has 2 aromatic rings. The largest absolute Gasteiger partial charge is 0.478 e. The molecule has 0 saturated carbocycles. The van der Waals surface area contributed by atoms with E-state index in [0.29, 0.717) is 33.8 Å². The fourth-order valence-corrected chi connectivity index (χ4v) is 3.89. The summed E-state index contributed by atoms with van der Waals surface area (Å²) in [5.41, 5.74) is 6.46. The molecule has 1 saturated heterocycles. The molecule has 1 aliphatic heterocycles. The average molecular weight is 402 g/mol. The van der Waals surface area contributed by atoms with E-state index in [1.165, 1.54) is 23.9 Å². The van der Waals surface area contributed by atoms with Crippen molar-refractivity contribution in [3.05, 3.63) is 52.6 Å². The van der Waals surface area contributed by atoms with Gasteiger partial charge in [0.05, 0.1) is 10.5 Å². The standard InChI is InChI=1S/C19H18N2O4S2/c20-9-1-2-10-21-17(22)16(27-19(21)26)11-14-7-8-15(25-14)12-3-5-13(6-4-12)18(23)24/h3-8,11H,1-2,9-10,20H2,(H,23,24)/b16-11+. The molecule has 2 heterocycles. The smallest absolute Gasteiger partial charge is 0.335 e. The van der Waals surface area contributed by atoms with Crippen LogP contribution in [0.25, 0.3) is 17.4 Å². The molecule has 8 heteroatoms. The molecule has 1 aromatic carbocycles.